The van der Waals surface area contributed by atoms with Gasteiger partial charge in [0.25, 0.3) is 11.6 Å². The quantitative estimate of drug-likeness (QED) is 0.583. The number of carbonyl (C=O) groups excluding carboxylic acids is 1. The highest BCUT2D eigenvalue weighted by molar-refractivity contribution is 6.10. The zero-order chi connectivity index (χ0) is 17.4. The first-order valence-corrected chi connectivity index (χ1v) is 7.59. The van der Waals surface area contributed by atoms with E-state index in [1.165, 1.54) is 12.1 Å². The van der Waals surface area contributed by atoms with Crippen LogP contribution < -0.4 is 5.73 Å². The molecule has 6 nitrogen and oxygen atoms in total. The van der Waals surface area contributed by atoms with Crippen LogP contribution in [0, 0.1) is 10.1 Å². The maximum absolute atomic E-state index is 12.2. The first kappa shape index (κ1) is 15.7. The third-order valence-corrected chi connectivity index (χ3v) is 4.01. The molecule has 3 rings (SSSR count). The monoisotopic (exact) mass is 323 g/mol. The summed E-state index contributed by atoms with van der Waals surface area (Å²) in [6.45, 7) is 3.89. The number of carbonyl (C=O) groups is 1. The van der Waals surface area contributed by atoms with E-state index in [1.54, 1.807) is 6.07 Å². The van der Waals surface area contributed by atoms with Crippen molar-refractivity contribution in [1.82, 2.24) is 4.57 Å². The highest BCUT2D eigenvalue weighted by atomic mass is 16.6. The molecule has 24 heavy (non-hydrogen) atoms. The fourth-order valence-electron chi connectivity index (χ4n) is 3.09. The number of aromatic nitrogens is 1. The van der Waals surface area contributed by atoms with Crippen LogP contribution in [-0.4, -0.2) is 15.4 Å². The molecule has 2 aromatic carbocycles. The van der Waals surface area contributed by atoms with Crippen LogP contribution in [0.15, 0.2) is 48.5 Å². The molecule has 1 heterocycles. The summed E-state index contributed by atoms with van der Waals surface area (Å²) < 4.78 is 1.84. The van der Waals surface area contributed by atoms with Gasteiger partial charge in [0.05, 0.1) is 10.4 Å². The van der Waals surface area contributed by atoms with E-state index in [4.69, 9.17) is 5.73 Å². The summed E-state index contributed by atoms with van der Waals surface area (Å²) >= 11 is 0. The van der Waals surface area contributed by atoms with E-state index in [1.807, 2.05) is 48.7 Å². The second-order valence-electron chi connectivity index (χ2n) is 5.88. The number of amides is 1. The van der Waals surface area contributed by atoms with Gasteiger partial charge in [-0.25, -0.2) is 0 Å². The second-order valence-corrected chi connectivity index (χ2v) is 5.88. The van der Waals surface area contributed by atoms with Crippen LogP contribution in [-0.2, 0) is 0 Å². The number of fused-ring (bicyclic) bond motifs is 1. The van der Waals surface area contributed by atoms with Gasteiger partial charge in [-0.3, -0.25) is 14.9 Å². The Labute approximate surface area is 138 Å². The van der Waals surface area contributed by atoms with E-state index in [0.717, 1.165) is 11.1 Å². The third-order valence-electron chi connectivity index (χ3n) is 4.01. The third kappa shape index (κ3) is 2.42. The Kier molecular flexibility index (Phi) is 3.81. The van der Waals surface area contributed by atoms with E-state index in [2.05, 4.69) is 0 Å². The molecular formula is C18H17N3O3. The number of rotatable bonds is 4. The van der Waals surface area contributed by atoms with Crippen molar-refractivity contribution in [3.05, 3.63) is 64.3 Å². The summed E-state index contributed by atoms with van der Waals surface area (Å²) in [6.07, 6.45) is 0. The lowest BCUT2D eigenvalue weighted by molar-refractivity contribution is -0.384. The summed E-state index contributed by atoms with van der Waals surface area (Å²) in [5.41, 5.74) is 8.20. The summed E-state index contributed by atoms with van der Waals surface area (Å²) in [5.74, 6) is -0.554. The number of non-ortho nitro benzene ring substituents is 1. The van der Waals surface area contributed by atoms with Crippen molar-refractivity contribution in [3.63, 3.8) is 0 Å². The smallest absolute Gasteiger partial charge is 0.270 e. The van der Waals surface area contributed by atoms with Crippen molar-refractivity contribution < 1.29 is 9.72 Å². The summed E-state index contributed by atoms with van der Waals surface area (Å²) in [5, 5.41) is 11.8. The Hall–Kier alpha value is -3.15. The minimum atomic E-state index is -0.554. The van der Waals surface area contributed by atoms with Crippen LogP contribution in [0.3, 0.4) is 0 Å². The molecule has 1 aromatic heterocycles. The van der Waals surface area contributed by atoms with Crippen LogP contribution in [0.2, 0.25) is 0 Å². The molecule has 0 fully saturated rings. The number of hydrogen-bond donors (Lipinski definition) is 1. The van der Waals surface area contributed by atoms with E-state index in [9.17, 15) is 14.9 Å². The molecule has 0 unspecified atom stereocenters. The highest BCUT2D eigenvalue weighted by Gasteiger charge is 2.25. The van der Waals surface area contributed by atoms with E-state index < -0.39 is 10.8 Å². The largest absolute Gasteiger partial charge is 0.364 e. The van der Waals surface area contributed by atoms with Gasteiger partial charge in [0.1, 0.15) is 5.69 Å². The van der Waals surface area contributed by atoms with Crippen molar-refractivity contribution in [1.29, 1.82) is 0 Å². The molecule has 0 aliphatic rings. The molecule has 0 radical (unpaired) electrons. The lowest BCUT2D eigenvalue weighted by Gasteiger charge is -2.13. The van der Waals surface area contributed by atoms with Gasteiger partial charge in [0.2, 0.25) is 0 Å². The van der Waals surface area contributed by atoms with Crippen molar-refractivity contribution in [2.24, 2.45) is 5.73 Å². The molecule has 0 saturated carbocycles. The van der Waals surface area contributed by atoms with Gasteiger partial charge in [0.15, 0.2) is 0 Å². The Morgan fingerprint density at radius 3 is 2.38 bits per heavy atom. The van der Waals surface area contributed by atoms with Crippen molar-refractivity contribution in [2.75, 3.05) is 0 Å². The molecule has 1 amide bonds. The van der Waals surface area contributed by atoms with E-state index in [-0.39, 0.29) is 11.7 Å². The minimum absolute atomic E-state index is 0.0170. The van der Waals surface area contributed by atoms with Crippen molar-refractivity contribution in [3.8, 4) is 11.1 Å². The van der Waals surface area contributed by atoms with Gasteiger partial charge in [-0.1, -0.05) is 30.3 Å². The lowest BCUT2D eigenvalue weighted by atomic mass is 10.0. The van der Waals surface area contributed by atoms with Crippen LogP contribution in [0.4, 0.5) is 5.69 Å². The van der Waals surface area contributed by atoms with Gasteiger partial charge in [-0.2, -0.15) is 0 Å². The van der Waals surface area contributed by atoms with Gasteiger partial charge >= 0.3 is 0 Å². The van der Waals surface area contributed by atoms with Crippen LogP contribution in [0.25, 0.3) is 22.0 Å². The zero-order valence-electron chi connectivity index (χ0n) is 13.4. The minimum Gasteiger partial charge on any atom is -0.364 e. The Morgan fingerprint density at radius 2 is 1.83 bits per heavy atom. The average molecular weight is 323 g/mol. The van der Waals surface area contributed by atoms with E-state index >= 15 is 0 Å². The van der Waals surface area contributed by atoms with Gasteiger partial charge < -0.3 is 10.3 Å². The highest BCUT2D eigenvalue weighted by Crippen LogP contribution is 2.38. The summed E-state index contributed by atoms with van der Waals surface area (Å²) in [7, 11) is 0. The lowest BCUT2D eigenvalue weighted by Crippen LogP contribution is -2.19. The first-order valence-electron chi connectivity index (χ1n) is 7.59. The average Bonchev–Trinajstić information content (AvgIpc) is 2.90. The fourth-order valence-corrected chi connectivity index (χ4v) is 3.09. The zero-order valence-corrected chi connectivity index (χ0v) is 13.4. The van der Waals surface area contributed by atoms with Crippen molar-refractivity contribution in [2.45, 2.75) is 19.9 Å². The number of primary amides is 1. The Bertz CT molecular complexity index is 943. The molecule has 0 bridgehead atoms. The number of nitrogens with two attached hydrogens (primary N) is 1. The van der Waals surface area contributed by atoms with Gasteiger partial charge in [-0.05, 0) is 25.5 Å². The number of hydrogen-bond acceptors (Lipinski definition) is 3. The predicted octanol–water partition coefficient (Wildman–Crippen LogP) is 3.90. The standard InChI is InChI=1S/C18H17N3O3/c1-11(2)20-15-9-8-13(21(23)24)10-14(15)16(17(20)18(19)22)12-6-4-3-5-7-12/h3-11H,1-2H3,(H2,19,22). The first-order chi connectivity index (χ1) is 11.4. The van der Waals surface area contributed by atoms with Gasteiger partial charge in [-0.15, -0.1) is 0 Å². The number of nitrogens with zero attached hydrogens (tertiary/aromatic N) is 2. The maximum atomic E-state index is 12.2. The van der Waals surface area contributed by atoms with E-state index in [0.29, 0.717) is 16.6 Å². The molecule has 0 atom stereocenters. The second kappa shape index (κ2) is 5.81. The molecular weight excluding hydrogens is 306 g/mol. The molecule has 0 aliphatic carbocycles. The van der Waals surface area contributed by atoms with Crippen LogP contribution in [0.1, 0.15) is 30.4 Å². The molecule has 6 heteroatoms. The number of nitro groups is 1. The summed E-state index contributed by atoms with van der Waals surface area (Å²) in [4.78, 5) is 22.9. The fraction of sp³-hybridized carbons (Fsp3) is 0.167. The maximum Gasteiger partial charge on any atom is 0.270 e. The SMILES string of the molecule is CC(C)n1c(C(N)=O)c(-c2ccccc2)c2cc([N+](=O)[O-])ccc21. The molecule has 2 N–H and O–H groups in total. The van der Waals surface area contributed by atoms with Crippen molar-refractivity contribution >= 4 is 22.5 Å². The number of nitro benzene ring substituents is 1. The molecule has 3 aromatic rings. The number of benzene rings is 2. The molecule has 0 spiro atoms. The topological polar surface area (TPSA) is 91.2 Å². The molecule has 122 valence electrons. The molecule has 0 aliphatic heterocycles. The Morgan fingerprint density at radius 1 is 1.17 bits per heavy atom. The van der Waals surface area contributed by atoms with Crippen LogP contribution in [0.5, 0.6) is 0 Å². The van der Waals surface area contributed by atoms with Crippen LogP contribution >= 0.6 is 0 Å². The predicted molar refractivity (Wildman–Crippen MR) is 92.9 cm³/mol. The normalized spacial score (nSPS) is 11.1. The van der Waals surface area contributed by atoms with Gasteiger partial charge in [0, 0.05) is 29.1 Å². The summed E-state index contributed by atoms with van der Waals surface area (Å²) in [6, 6.07) is 13.9. The Balaban J connectivity index is 2.50. The molecule has 0 saturated heterocycles.